The highest BCUT2D eigenvalue weighted by atomic mass is 16.5. The summed E-state index contributed by atoms with van der Waals surface area (Å²) in [5.41, 5.74) is 9.82. The Morgan fingerprint density at radius 3 is 2.75 bits per heavy atom. The van der Waals surface area contributed by atoms with Gasteiger partial charge in [0, 0.05) is 29.7 Å². The number of ether oxygens (including phenoxy) is 1. The summed E-state index contributed by atoms with van der Waals surface area (Å²) in [5, 5.41) is 0. The van der Waals surface area contributed by atoms with E-state index in [9.17, 15) is 0 Å². The van der Waals surface area contributed by atoms with Gasteiger partial charge in [-0.1, -0.05) is 11.8 Å². The third kappa shape index (κ3) is 2.29. The summed E-state index contributed by atoms with van der Waals surface area (Å²) in [4.78, 5) is 3.98. The monoisotopic (exact) mass is 263 g/mol. The molecule has 0 amide bonds. The van der Waals surface area contributed by atoms with Crippen LogP contribution in [0.4, 0.5) is 5.69 Å². The molecular weight excluding hydrogens is 250 g/mol. The average Bonchev–Trinajstić information content (AvgIpc) is 2.53. The zero-order valence-corrected chi connectivity index (χ0v) is 11.0. The molecule has 20 heavy (non-hydrogen) atoms. The fourth-order valence-electron chi connectivity index (χ4n) is 2.00. The van der Waals surface area contributed by atoms with Gasteiger partial charge in [-0.2, -0.15) is 0 Å². The van der Waals surface area contributed by atoms with Crippen LogP contribution in [0.5, 0.6) is 5.75 Å². The summed E-state index contributed by atoms with van der Waals surface area (Å²) in [6.07, 6.45) is 7.27. The van der Waals surface area contributed by atoms with E-state index in [4.69, 9.17) is 4.74 Å². The van der Waals surface area contributed by atoms with E-state index in [1.807, 2.05) is 36.5 Å². The zero-order valence-electron chi connectivity index (χ0n) is 11.0. The average molecular weight is 263 g/mol. The SMILES string of the molecule is COc1ccc2c(c1C#Cc1ccncc1)C=CNN2. The number of hydrogen-bond donors (Lipinski definition) is 2. The van der Waals surface area contributed by atoms with Crippen LogP contribution in [0.15, 0.2) is 42.9 Å². The molecule has 1 aliphatic heterocycles. The third-order valence-electron chi connectivity index (χ3n) is 2.98. The number of fused-ring (bicyclic) bond motifs is 1. The number of benzene rings is 1. The second-order valence-corrected chi connectivity index (χ2v) is 4.19. The van der Waals surface area contributed by atoms with Crippen LogP contribution in [0, 0.1) is 11.8 Å². The van der Waals surface area contributed by atoms with Gasteiger partial charge in [-0.25, -0.2) is 0 Å². The molecule has 2 aromatic rings. The quantitative estimate of drug-likeness (QED) is 0.776. The summed E-state index contributed by atoms with van der Waals surface area (Å²) in [7, 11) is 1.65. The molecule has 1 aliphatic rings. The van der Waals surface area contributed by atoms with Crippen LogP contribution in [0.2, 0.25) is 0 Å². The molecule has 0 unspecified atom stereocenters. The van der Waals surface area contributed by atoms with Crippen molar-refractivity contribution in [1.82, 2.24) is 10.4 Å². The van der Waals surface area contributed by atoms with Gasteiger partial charge in [0.1, 0.15) is 5.75 Å². The normalized spacial score (nSPS) is 11.4. The first-order valence-corrected chi connectivity index (χ1v) is 6.19. The van der Waals surface area contributed by atoms with Gasteiger partial charge < -0.3 is 15.6 Å². The lowest BCUT2D eigenvalue weighted by Gasteiger charge is -2.17. The predicted molar refractivity (Wildman–Crippen MR) is 79.0 cm³/mol. The Kier molecular flexibility index (Phi) is 3.25. The maximum atomic E-state index is 5.40. The fraction of sp³-hybridized carbons (Fsp3) is 0.0625. The van der Waals surface area contributed by atoms with Crippen molar-refractivity contribution in [1.29, 1.82) is 0 Å². The minimum atomic E-state index is 0.763. The fourth-order valence-corrected chi connectivity index (χ4v) is 2.00. The first-order valence-electron chi connectivity index (χ1n) is 6.19. The Hall–Kier alpha value is -2.93. The van der Waals surface area contributed by atoms with E-state index in [1.165, 1.54) is 0 Å². The summed E-state index contributed by atoms with van der Waals surface area (Å²) in [6, 6.07) is 7.63. The number of nitrogens with one attached hydrogen (secondary N) is 2. The Balaban J connectivity index is 2.09. The summed E-state index contributed by atoms with van der Waals surface area (Å²) >= 11 is 0. The molecule has 3 rings (SSSR count). The van der Waals surface area contributed by atoms with E-state index in [1.54, 1.807) is 19.5 Å². The van der Waals surface area contributed by atoms with Crippen LogP contribution < -0.4 is 15.6 Å². The van der Waals surface area contributed by atoms with Crippen molar-refractivity contribution in [2.24, 2.45) is 0 Å². The van der Waals surface area contributed by atoms with Gasteiger partial charge >= 0.3 is 0 Å². The van der Waals surface area contributed by atoms with E-state index in [2.05, 4.69) is 27.7 Å². The molecule has 0 saturated carbocycles. The Bertz CT molecular complexity index is 712. The van der Waals surface area contributed by atoms with Gasteiger partial charge in [0.2, 0.25) is 0 Å². The molecule has 98 valence electrons. The van der Waals surface area contributed by atoms with Crippen LogP contribution >= 0.6 is 0 Å². The number of pyridine rings is 1. The summed E-state index contributed by atoms with van der Waals surface area (Å²) < 4.78 is 5.40. The predicted octanol–water partition coefficient (Wildman–Crippen LogP) is 2.39. The Labute approximate surface area is 117 Å². The van der Waals surface area contributed by atoms with Crippen LogP contribution in [0.25, 0.3) is 6.08 Å². The molecule has 2 N–H and O–H groups in total. The van der Waals surface area contributed by atoms with Crippen molar-refractivity contribution >= 4 is 11.8 Å². The number of aromatic nitrogens is 1. The molecule has 4 nitrogen and oxygen atoms in total. The largest absolute Gasteiger partial charge is 0.495 e. The van der Waals surface area contributed by atoms with Gasteiger partial charge in [-0.3, -0.25) is 4.98 Å². The molecule has 0 aliphatic carbocycles. The Morgan fingerprint density at radius 1 is 1.10 bits per heavy atom. The minimum absolute atomic E-state index is 0.763. The number of nitrogens with zero attached hydrogens (tertiary/aromatic N) is 1. The van der Waals surface area contributed by atoms with E-state index >= 15 is 0 Å². The molecule has 0 bridgehead atoms. The number of anilines is 1. The molecule has 0 saturated heterocycles. The van der Waals surface area contributed by atoms with Gasteiger partial charge in [-0.15, -0.1) is 0 Å². The molecule has 0 atom stereocenters. The smallest absolute Gasteiger partial charge is 0.135 e. The zero-order chi connectivity index (χ0) is 13.8. The lowest BCUT2D eigenvalue weighted by Crippen LogP contribution is -2.18. The molecule has 1 aromatic carbocycles. The van der Waals surface area contributed by atoms with Gasteiger partial charge in [0.05, 0.1) is 18.4 Å². The van der Waals surface area contributed by atoms with Crippen molar-refractivity contribution < 1.29 is 4.74 Å². The number of rotatable bonds is 1. The molecule has 2 heterocycles. The third-order valence-corrected chi connectivity index (χ3v) is 2.98. The van der Waals surface area contributed by atoms with Crippen molar-refractivity contribution in [3.63, 3.8) is 0 Å². The molecule has 4 heteroatoms. The molecule has 0 fully saturated rings. The highest BCUT2D eigenvalue weighted by Crippen LogP contribution is 2.30. The standard InChI is InChI=1S/C16H13N3O/c1-20-16-5-4-15-13(8-11-18-19-15)14(16)3-2-12-6-9-17-10-7-12/h4-11,18-19H,1H3. The van der Waals surface area contributed by atoms with Crippen molar-refractivity contribution in [3.8, 4) is 17.6 Å². The van der Waals surface area contributed by atoms with Crippen molar-refractivity contribution in [2.45, 2.75) is 0 Å². The van der Waals surface area contributed by atoms with E-state index in [0.29, 0.717) is 0 Å². The first kappa shape index (κ1) is 12.1. The highest BCUT2D eigenvalue weighted by Gasteiger charge is 2.12. The minimum Gasteiger partial charge on any atom is -0.495 e. The van der Waals surface area contributed by atoms with Crippen molar-refractivity contribution in [3.05, 3.63) is 59.5 Å². The number of methoxy groups -OCH3 is 1. The van der Waals surface area contributed by atoms with Crippen LogP contribution in [0.1, 0.15) is 16.7 Å². The Morgan fingerprint density at radius 2 is 1.95 bits per heavy atom. The van der Waals surface area contributed by atoms with E-state index in [0.717, 1.165) is 28.1 Å². The van der Waals surface area contributed by atoms with Crippen molar-refractivity contribution in [2.75, 3.05) is 12.5 Å². The molecule has 1 aromatic heterocycles. The molecule has 0 radical (unpaired) electrons. The summed E-state index contributed by atoms with van der Waals surface area (Å²) in [5.74, 6) is 7.08. The van der Waals surface area contributed by atoms with Gasteiger partial charge in [-0.05, 0) is 30.3 Å². The maximum Gasteiger partial charge on any atom is 0.135 e. The first-order chi connectivity index (χ1) is 9.88. The lowest BCUT2D eigenvalue weighted by atomic mass is 10.0. The second-order valence-electron chi connectivity index (χ2n) is 4.19. The molecular formula is C16H13N3O. The maximum absolute atomic E-state index is 5.40. The van der Waals surface area contributed by atoms with E-state index in [-0.39, 0.29) is 0 Å². The molecule has 0 spiro atoms. The number of hydrogen-bond acceptors (Lipinski definition) is 4. The lowest BCUT2D eigenvalue weighted by molar-refractivity contribution is 0.413. The van der Waals surface area contributed by atoms with Crippen LogP contribution in [-0.4, -0.2) is 12.1 Å². The van der Waals surface area contributed by atoms with E-state index < -0.39 is 0 Å². The van der Waals surface area contributed by atoms with Gasteiger partial charge in [0.25, 0.3) is 0 Å². The van der Waals surface area contributed by atoms with Crippen LogP contribution in [-0.2, 0) is 0 Å². The number of hydrazine groups is 1. The van der Waals surface area contributed by atoms with Crippen LogP contribution in [0.3, 0.4) is 0 Å². The highest BCUT2D eigenvalue weighted by molar-refractivity contribution is 5.77. The second kappa shape index (κ2) is 5.37. The summed E-state index contributed by atoms with van der Waals surface area (Å²) in [6.45, 7) is 0. The topological polar surface area (TPSA) is 46.2 Å². The van der Waals surface area contributed by atoms with Gasteiger partial charge in [0.15, 0.2) is 0 Å².